The van der Waals surface area contributed by atoms with Gasteiger partial charge < -0.3 is 9.84 Å². The van der Waals surface area contributed by atoms with Crippen molar-refractivity contribution in [3.8, 4) is 0 Å². The molecule has 100 valence electrons. The van der Waals surface area contributed by atoms with E-state index >= 15 is 0 Å². The molecule has 2 aliphatic rings. The maximum absolute atomic E-state index is 10.4. The minimum absolute atomic E-state index is 0.0998. The Bertz CT molecular complexity index is 421. The molecule has 2 fully saturated rings. The Morgan fingerprint density at radius 2 is 2.00 bits per heavy atom. The van der Waals surface area contributed by atoms with E-state index in [4.69, 9.17) is 4.74 Å². The zero-order valence-electron chi connectivity index (χ0n) is 11.6. The number of carbonyl (C=O) groups excluding carboxylic acids is 1. The fourth-order valence-corrected chi connectivity index (χ4v) is 3.49. The van der Waals surface area contributed by atoms with Gasteiger partial charge in [0.2, 0.25) is 0 Å². The lowest BCUT2D eigenvalue weighted by molar-refractivity contribution is -0.104. The zero-order chi connectivity index (χ0) is 13.6. The molecule has 0 spiro atoms. The number of hydrogen-bond acceptors (Lipinski definition) is 3. The number of aliphatic hydroxyl groups is 1. The molecule has 0 aromatic heterocycles. The van der Waals surface area contributed by atoms with Gasteiger partial charge in [-0.2, -0.15) is 0 Å². The Balaban J connectivity index is 2.27. The van der Waals surface area contributed by atoms with Crippen molar-refractivity contribution in [2.75, 3.05) is 0 Å². The van der Waals surface area contributed by atoms with Crippen LogP contribution in [-0.2, 0) is 9.53 Å². The summed E-state index contributed by atoms with van der Waals surface area (Å²) in [5, 5.41) is 9.92. The highest BCUT2D eigenvalue weighted by Gasteiger charge is 2.74. The maximum atomic E-state index is 10.4. The highest BCUT2D eigenvalue weighted by Crippen LogP contribution is 2.66. The predicted molar refractivity (Wildman–Crippen MR) is 70.2 cm³/mol. The van der Waals surface area contributed by atoms with Crippen LogP contribution in [0.1, 0.15) is 40.5 Å². The van der Waals surface area contributed by atoms with Crippen LogP contribution in [0.2, 0.25) is 0 Å². The largest absolute Gasteiger partial charge is 0.393 e. The third-order valence-electron chi connectivity index (χ3n) is 4.42. The standard InChI is InChI=1S/C15H22O3/c1-11(6-8-16)5-7-15-13(2,3)9-12(17)10-14(15,4)18-15/h5-8,12,17H,9-10H2,1-4H3/b7-5+,11-6-/t12-,14-,15+/m1/s1. The van der Waals surface area contributed by atoms with Gasteiger partial charge in [-0.1, -0.05) is 19.9 Å². The average Bonchev–Trinajstić information content (AvgIpc) is 2.82. The molecule has 0 amide bonds. The highest BCUT2D eigenvalue weighted by molar-refractivity contribution is 5.67. The quantitative estimate of drug-likeness (QED) is 0.362. The number of aldehydes is 1. The van der Waals surface area contributed by atoms with Crippen molar-refractivity contribution >= 4 is 6.29 Å². The maximum Gasteiger partial charge on any atom is 0.143 e. The molecule has 18 heavy (non-hydrogen) atoms. The lowest BCUT2D eigenvalue weighted by Crippen LogP contribution is -2.46. The van der Waals surface area contributed by atoms with E-state index < -0.39 is 0 Å². The van der Waals surface area contributed by atoms with Gasteiger partial charge in [-0.15, -0.1) is 0 Å². The summed E-state index contributed by atoms with van der Waals surface area (Å²) in [5.74, 6) is 0. The highest BCUT2D eigenvalue weighted by atomic mass is 16.6. The van der Waals surface area contributed by atoms with Crippen LogP contribution in [0, 0.1) is 5.41 Å². The summed E-state index contributed by atoms with van der Waals surface area (Å²) in [4.78, 5) is 10.4. The molecule has 0 bridgehead atoms. The van der Waals surface area contributed by atoms with E-state index in [1.165, 1.54) is 6.08 Å². The van der Waals surface area contributed by atoms with E-state index in [2.05, 4.69) is 26.8 Å². The number of allylic oxidation sites excluding steroid dienone is 3. The molecule has 0 aromatic carbocycles. The Morgan fingerprint density at radius 1 is 1.33 bits per heavy atom. The topological polar surface area (TPSA) is 49.8 Å². The third-order valence-corrected chi connectivity index (χ3v) is 4.42. The van der Waals surface area contributed by atoms with Crippen LogP contribution in [-0.4, -0.2) is 28.7 Å². The van der Waals surface area contributed by atoms with Crippen LogP contribution in [0.4, 0.5) is 0 Å². The first-order valence-electron chi connectivity index (χ1n) is 6.46. The van der Waals surface area contributed by atoms with Crippen molar-refractivity contribution in [3.05, 3.63) is 23.8 Å². The van der Waals surface area contributed by atoms with Crippen LogP contribution < -0.4 is 0 Å². The molecule has 1 N–H and O–H groups in total. The van der Waals surface area contributed by atoms with E-state index in [0.717, 1.165) is 18.3 Å². The van der Waals surface area contributed by atoms with E-state index in [-0.39, 0.29) is 22.7 Å². The molecule has 1 heterocycles. The lowest BCUT2D eigenvalue weighted by atomic mass is 9.63. The van der Waals surface area contributed by atoms with Crippen molar-refractivity contribution in [2.45, 2.75) is 57.8 Å². The summed E-state index contributed by atoms with van der Waals surface area (Å²) in [7, 11) is 0. The summed E-state index contributed by atoms with van der Waals surface area (Å²) in [6.45, 7) is 8.21. The Morgan fingerprint density at radius 3 is 2.56 bits per heavy atom. The fourth-order valence-electron chi connectivity index (χ4n) is 3.49. The molecule has 1 aliphatic heterocycles. The number of fused-ring (bicyclic) bond motifs is 1. The second-order valence-corrected chi connectivity index (χ2v) is 6.39. The first-order chi connectivity index (χ1) is 8.26. The van der Waals surface area contributed by atoms with Crippen LogP contribution in [0.15, 0.2) is 23.8 Å². The number of hydrogen-bond donors (Lipinski definition) is 1. The van der Waals surface area contributed by atoms with Crippen molar-refractivity contribution < 1.29 is 14.6 Å². The average molecular weight is 250 g/mol. The Kier molecular flexibility index (Phi) is 3.03. The molecular weight excluding hydrogens is 228 g/mol. The van der Waals surface area contributed by atoms with Gasteiger partial charge in [-0.05, 0) is 38.0 Å². The molecule has 0 aromatic rings. The van der Waals surface area contributed by atoms with Crippen LogP contribution >= 0.6 is 0 Å². The third kappa shape index (κ3) is 1.86. The molecule has 2 rings (SSSR count). The normalized spacial score (nSPS) is 42.7. The predicted octanol–water partition coefficient (Wildman–Crippen LogP) is 2.40. The SMILES string of the molecule is CC(=C/C=O)/C=C/[C@@]12O[C@]1(C)C[C@H](O)CC2(C)C. The van der Waals surface area contributed by atoms with Gasteiger partial charge in [-0.25, -0.2) is 0 Å². The van der Waals surface area contributed by atoms with Gasteiger partial charge in [0.15, 0.2) is 0 Å². The van der Waals surface area contributed by atoms with Crippen molar-refractivity contribution in [1.29, 1.82) is 0 Å². The molecular formula is C15H22O3. The fraction of sp³-hybridized carbons (Fsp3) is 0.667. The molecule has 1 saturated heterocycles. The van der Waals surface area contributed by atoms with E-state index in [1.54, 1.807) is 0 Å². The zero-order valence-corrected chi connectivity index (χ0v) is 11.6. The molecule has 3 atom stereocenters. The van der Waals surface area contributed by atoms with E-state index in [9.17, 15) is 9.90 Å². The monoisotopic (exact) mass is 250 g/mol. The molecule has 1 saturated carbocycles. The van der Waals surface area contributed by atoms with E-state index in [1.807, 2.05) is 13.0 Å². The second-order valence-electron chi connectivity index (χ2n) is 6.39. The smallest absolute Gasteiger partial charge is 0.143 e. The van der Waals surface area contributed by atoms with Crippen molar-refractivity contribution in [2.24, 2.45) is 5.41 Å². The molecule has 1 aliphatic carbocycles. The lowest BCUT2D eigenvalue weighted by Gasteiger charge is -2.39. The Labute approximate surface area is 109 Å². The second kappa shape index (κ2) is 4.04. The molecule has 3 heteroatoms. The number of ether oxygens (including phenoxy) is 1. The van der Waals surface area contributed by atoms with Gasteiger partial charge in [0.25, 0.3) is 0 Å². The van der Waals surface area contributed by atoms with E-state index in [0.29, 0.717) is 6.42 Å². The summed E-state index contributed by atoms with van der Waals surface area (Å²) in [6.07, 6.45) is 7.46. The first-order valence-corrected chi connectivity index (χ1v) is 6.46. The van der Waals surface area contributed by atoms with Crippen molar-refractivity contribution in [3.63, 3.8) is 0 Å². The number of epoxide rings is 1. The van der Waals surface area contributed by atoms with Gasteiger partial charge in [-0.3, -0.25) is 4.79 Å². The van der Waals surface area contributed by atoms with Crippen LogP contribution in [0.5, 0.6) is 0 Å². The van der Waals surface area contributed by atoms with Gasteiger partial charge in [0.05, 0.1) is 6.10 Å². The minimum Gasteiger partial charge on any atom is -0.393 e. The minimum atomic E-state index is -0.308. The summed E-state index contributed by atoms with van der Waals surface area (Å²) in [6, 6.07) is 0. The molecule has 0 unspecified atom stereocenters. The molecule has 3 nitrogen and oxygen atoms in total. The van der Waals surface area contributed by atoms with Gasteiger partial charge in [0.1, 0.15) is 17.5 Å². The van der Waals surface area contributed by atoms with Crippen LogP contribution in [0.25, 0.3) is 0 Å². The van der Waals surface area contributed by atoms with Crippen molar-refractivity contribution in [1.82, 2.24) is 0 Å². The Hall–Kier alpha value is -0.930. The summed E-state index contributed by atoms with van der Waals surface area (Å²) < 4.78 is 6.00. The summed E-state index contributed by atoms with van der Waals surface area (Å²) in [5.41, 5.74) is 0.236. The van der Waals surface area contributed by atoms with Gasteiger partial charge in [0, 0.05) is 11.8 Å². The molecule has 0 radical (unpaired) electrons. The number of rotatable bonds is 3. The summed E-state index contributed by atoms with van der Waals surface area (Å²) >= 11 is 0. The van der Waals surface area contributed by atoms with Crippen LogP contribution in [0.3, 0.4) is 0 Å². The van der Waals surface area contributed by atoms with Gasteiger partial charge >= 0.3 is 0 Å². The first kappa shape index (κ1) is 13.5. The number of aliphatic hydroxyl groups excluding tert-OH is 1. The number of carbonyl (C=O) groups is 1.